The Morgan fingerprint density at radius 3 is 2.81 bits per heavy atom. The van der Waals surface area contributed by atoms with Gasteiger partial charge in [0.05, 0.1) is 6.54 Å². The molecule has 26 heavy (non-hydrogen) atoms. The van der Waals surface area contributed by atoms with Gasteiger partial charge in [-0.15, -0.1) is 0 Å². The van der Waals surface area contributed by atoms with E-state index in [1.807, 2.05) is 0 Å². The van der Waals surface area contributed by atoms with Gasteiger partial charge >= 0.3 is 0 Å². The first kappa shape index (κ1) is 18.5. The molecule has 1 heterocycles. The Hall–Kier alpha value is -2.24. The Kier molecular flexibility index (Phi) is 6.36. The molecule has 1 saturated carbocycles. The van der Waals surface area contributed by atoms with E-state index in [1.54, 1.807) is 0 Å². The number of benzene rings is 1. The average molecular weight is 358 g/mol. The van der Waals surface area contributed by atoms with Crippen LogP contribution in [-0.2, 0) is 17.8 Å². The minimum Gasteiger partial charge on any atom is -0.374 e. The van der Waals surface area contributed by atoms with Gasteiger partial charge in [-0.25, -0.2) is 4.99 Å². The number of nitrogens with zero attached hydrogens (tertiary/aromatic N) is 2. The van der Waals surface area contributed by atoms with Crippen LogP contribution in [0.2, 0.25) is 0 Å². The number of aliphatic imine (C=N–C) groups is 1. The topological polar surface area (TPSA) is 68.8 Å². The molecule has 0 bridgehead atoms. The number of rotatable bonds is 7. The van der Waals surface area contributed by atoms with E-state index in [-0.39, 0.29) is 11.8 Å². The minimum atomic E-state index is 0.188. The summed E-state index contributed by atoms with van der Waals surface area (Å²) in [5.74, 6) is 1.25. The number of fused-ring (bicyclic) bond motifs is 1. The molecule has 1 aromatic carbocycles. The maximum Gasteiger partial charge on any atom is 0.223 e. The van der Waals surface area contributed by atoms with Crippen LogP contribution in [0.3, 0.4) is 0 Å². The van der Waals surface area contributed by atoms with Gasteiger partial charge in [0, 0.05) is 44.8 Å². The highest BCUT2D eigenvalue weighted by Gasteiger charge is 2.28. The predicted octanol–water partition coefficient (Wildman–Crippen LogP) is 1.65. The van der Waals surface area contributed by atoms with Crippen molar-refractivity contribution in [3.63, 3.8) is 0 Å². The van der Waals surface area contributed by atoms with Crippen molar-refractivity contribution in [2.75, 3.05) is 38.1 Å². The van der Waals surface area contributed by atoms with Crippen LogP contribution < -0.4 is 20.9 Å². The number of nitrogens with one attached hydrogen (secondary N) is 3. The monoisotopic (exact) mass is 357 g/mol. The van der Waals surface area contributed by atoms with Gasteiger partial charge in [0.2, 0.25) is 5.91 Å². The summed E-state index contributed by atoms with van der Waals surface area (Å²) in [6.07, 6.45) is 4.45. The third-order valence-electron chi connectivity index (χ3n) is 4.92. The number of amides is 1. The number of aryl methyl sites for hydroxylation is 1. The van der Waals surface area contributed by atoms with Crippen LogP contribution in [0, 0.1) is 5.92 Å². The van der Waals surface area contributed by atoms with Gasteiger partial charge in [0.25, 0.3) is 0 Å². The third kappa shape index (κ3) is 5.13. The lowest BCUT2D eigenvalue weighted by molar-refractivity contribution is -0.122. The van der Waals surface area contributed by atoms with Crippen molar-refractivity contribution >= 4 is 17.6 Å². The molecule has 0 radical (unpaired) electrons. The maximum absolute atomic E-state index is 11.6. The number of carbonyl (C=O) groups excluding carboxylic acids is 1. The lowest BCUT2D eigenvalue weighted by atomic mass is 10.00. The fraction of sp³-hybridized carbons (Fsp3) is 0.600. The molecule has 0 atom stereocenters. The molecule has 1 amide bonds. The van der Waals surface area contributed by atoms with Gasteiger partial charge < -0.3 is 20.9 Å². The van der Waals surface area contributed by atoms with Crippen molar-refractivity contribution in [1.29, 1.82) is 0 Å². The Morgan fingerprint density at radius 1 is 1.23 bits per heavy atom. The van der Waals surface area contributed by atoms with E-state index >= 15 is 0 Å². The normalized spacial score (nSPS) is 16.8. The second-order valence-corrected chi connectivity index (χ2v) is 7.18. The number of guanidine groups is 1. The van der Waals surface area contributed by atoms with E-state index in [0.29, 0.717) is 19.6 Å². The number of carbonyl (C=O) groups is 1. The van der Waals surface area contributed by atoms with Gasteiger partial charge in [-0.05, 0) is 49.8 Å². The van der Waals surface area contributed by atoms with Crippen molar-refractivity contribution in [1.82, 2.24) is 16.0 Å². The second kappa shape index (κ2) is 8.92. The molecule has 1 aromatic rings. The van der Waals surface area contributed by atoms with Crippen molar-refractivity contribution in [3.05, 3.63) is 29.3 Å². The third-order valence-corrected chi connectivity index (χ3v) is 4.92. The molecule has 3 N–H and O–H groups in total. The lowest BCUT2D eigenvalue weighted by Crippen LogP contribution is -2.41. The van der Waals surface area contributed by atoms with Gasteiger partial charge in [-0.1, -0.05) is 12.1 Å². The summed E-state index contributed by atoms with van der Waals surface area (Å²) in [7, 11) is 2.16. The average Bonchev–Trinajstić information content (AvgIpc) is 3.48. The molecular formula is C20H31N5O. The zero-order chi connectivity index (χ0) is 18.4. The summed E-state index contributed by atoms with van der Waals surface area (Å²) in [6, 6.07) is 6.67. The summed E-state index contributed by atoms with van der Waals surface area (Å²) in [6.45, 7) is 5.97. The van der Waals surface area contributed by atoms with Gasteiger partial charge in [0.15, 0.2) is 5.96 Å². The Labute approximate surface area is 156 Å². The maximum atomic E-state index is 11.6. The van der Waals surface area contributed by atoms with Gasteiger partial charge in [-0.2, -0.15) is 0 Å². The van der Waals surface area contributed by atoms with Crippen LogP contribution in [0.5, 0.6) is 0 Å². The standard InChI is InChI=1S/C20H31N5O/c1-3-21-20(23-11-10-22-19(26)16-7-8-16)24-14-15-6-9-18-17(13-15)5-4-12-25(18)2/h6,9,13,16H,3-5,7-8,10-12,14H2,1-2H3,(H,22,26)(H2,21,23,24). The van der Waals surface area contributed by atoms with E-state index < -0.39 is 0 Å². The molecule has 0 aromatic heterocycles. The van der Waals surface area contributed by atoms with E-state index in [9.17, 15) is 4.79 Å². The highest BCUT2D eigenvalue weighted by atomic mass is 16.2. The minimum absolute atomic E-state index is 0.188. The zero-order valence-electron chi connectivity index (χ0n) is 16.0. The van der Waals surface area contributed by atoms with E-state index in [2.05, 4.69) is 58.0 Å². The first-order valence-electron chi connectivity index (χ1n) is 9.80. The molecule has 6 nitrogen and oxygen atoms in total. The molecule has 1 fully saturated rings. The summed E-state index contributed by atoms with van der Waals surface area (Å²) in [5.41, 5.74) is 4.01. The zero-order valence-corrected chi connectivity index (χ0v) is 16.0. The molecule has 142 valence electrons. The molecule has 0 unspecified atom stereocenters. The van der Waals surface area contributed by atoms with Gasteiger partial charge in [0.1, 0.15) is 0 Å². The SMILES string of the molecule is CCNC(=NCc1ccc2c(c1)CCCN2C)NCCNC(=O)C1CC1. The lowest BCUT2D eigenvalue weighted by Gasteiger charge is -2.27. The highest BCUT2D eigenvalue weighted by Crippen LogP contribution is 2.28. The fourth-order valence-electron chi connectivity index (χ4n) is 3.31. The smallest absolute Gasteiger partial charge is 0.223 e. The van der Waals surface area contributed by atoms with Crippen LogP contribution in [0.4, 0.5) is 5.69 Å². The Balaban J connectivity index is 1.50. The molecule has 0 spiro atoms. The second-order valence-electron chi connectivity index (χ2n) is 7.18. The summed E-state index contributed by atoms with van der Waals surface area (Å²) >= 11 is 0. The Bertz CT molecular complexity index is 654. The molecule has 3 rings (SSSR count). The Morgan fingerprint density at radius 2 is 2.04 bits per heavy atom. The van der Waals surface area contributed by atoms with Crippen molar-refractivity contribution in [3.8, 4) is 0 Å². The fourth-order valence-corrected chi connectivity index (χ4v) is 3.31. The van der Waals surface area contributed by atoms with Crippen molar-refractivity contribution < 1.29 is 4.79 Å². The number of anilines is 1. The predicted molar refractivity (Wildman–Crippen MR) is 107 cm³/mol. The first-order chi connectivity index (χ1) is 12.7. The summed E-state index contributed by atoms with van der Waals surface area (Å²) in [5, 5.41) is 9.52. The quantitative estimate of drug-likeness (QED) is 0.394. The largest absolute Gasteiger partial charge is 0.374 e. The number of hydrogen-bond donors (Lipinski definition) is 3. The molecule has 2 aliphatic rings. The first-order valence-corrected chi connectivity index (χ1v) is 9.80. The van der Waals surface area contributed by atoms with Crippen molar-refractivity contribution in [2.24, 2.45) is 10.9 Å². The highest BCUT2D eigenvalue weighted by molar-refractivity contribution is 5.81. The van der Waals surface area contributed by atoms with Gasteiger partial charge in [-0.3, -0.25) is 4.79 Å². The van der Waals surface area contributed by atoms with Crippen LogP contribution in [0.25, 0.3) is 0 Å². The van der Waals surface area contributed by atoms with Crippen LogP contribution in [-0.4, -0.2) is 45.1 Å². The van der Waals surface area contributed by atoms with Crippen LogP contribution in [0.1, 0.15) is 37.3 Å². The molecule has 1 aliphatic carbocycles. The van der Waals surface area contributed by atoms with Crippen LogP contribution in [0.15, 0.2) is 23.2 Å². The summed E-state index contributed by atoms with van der Waals surface area (Å²) in [4.78, 5) is 18.6. The van der Waals surface area contributed by atoms with Crippen molar-refractivity contribution in [2.45, 2.75) is 39.2 Å². The molecule has 1 aliphatic heterocycles. The molecule has 6 heteroatoms. The summed E-state index contributed by atoms with van der Waals surface area (Å²) < 4.78 is 0. The molecule has 0 saturated heterocycles. The number of hydrogen-bond acceptors (Lipinski definition) is 3. The van der Waals surface area contributed by atoms with Crippen LogP contribution >= 0.6 is 0 Å². The van der Waals surface area contributed by atoms with E-state index in [0.717, 1.165) is 38.3 Å². The molecular weight excluding hydrogens is 326 g/mol. The van der Waals surface area contributed by atoms with E-state index in [1.165, 1.54) is 23.2 Å². The van der Waals surface area contributed by atoms with E-state index in [4.69, 9.17) is 0 Å².